The molecule has 2 rings (SSSR count). The number of morpholine rings is 1. The summed E-state index contributed by atoms with van der Waals surface area (Å²) in [6, 6.07) is 6.93. The molecule has 1 aromatic carbocycles. The van der Waals surface area contributed by atoms with Crippen LogP contribution in [0.4, 0.5) is 0 Å². The van der Waals surface area contributed by atoms with E-state index in [2.05, 4.69) is 5.32 Å². The van der Waals surface area contributed by atoms with Gasteiger partial charge in [0.1, 0.15) is 18.4 Å². The molecule has 0 bridgehead atoms. The second-order valence-electron chi connectivity index (χ2n) is 5.07. The molecule has 21 heavy (non-hydrogen) atoms. The van der Waals surface area contributed by atoms with Gasteiger partial charge in [0.25, 0.3) is 0 Å². The quantitative estimate of drug-likeness (QED) is 0.896. The van der Waals surface area contributed by atoms with Gasteiger partial charge in [-0.05, 0) is 25.1 Å². The van der Waals surface area contributed by atoms with E-state index in [1.165, 1.54) is 0 Å². The molecule has 1 N–H and O–H groups in total. The van der Waals surface area contributed by atoms with Gasteiger partial charge in [-0.15, -0.1) is 0 Å². The topological polar surface area (TPSA) is 50.8 Å². The van der Waals surface area contributed by atoms with Crippen LogP contribution < -0.4 is 10.1 Å². The fourth-order valence-electron chi connectivity index (χ4n) is 2.21. The van der Waals surface area contributed by atoms with E-state index >= 15 is 0 Å². The number of halogens is 1. The van der Waals surface area contributed by atoms with Crippen LogP contribution in [0, 0.1) is 0 Å². The zero-order valence-corrected chi connectivity index (χ0v) is 13.1. The first-order chi connectivity index (χ1) is 10.1. The standard InChI is InChI=1S/C15H21ClN2O3/c1-11-14(17-6-8-20-11)15(19)18(2)7-9-21-13-5-3-4-12(16)10-13/h3-5,10-11,14,17H,6-9H2,1-2H3/t11-,14+/m1/s1. The first kappa shape index (κ1) is 16.1. The van der Waals surface area contributed by atoms with Gasteiger partial charge in [-0.25, -0.2) is 0 Å². The Hall–Kier alpha value is -1.30. The molecule has 1 fully saturated rings. The van der Waals surface area contributed by atoms with Gasteiger partial charge in [0.15, 0.2) is 0 Å². The maximum Gasteiger partial charge on any atom is 0.242 e. The number of benzene rings is 1. The zero-order valence-electron chi connectivity index (χ0n) is 12.3. The van der Waals surface area contributed by atoms with E-state index in [9.17, 15) is 4.79 Å². The van der Waals surface area contributed by atoms with E-state index in [1.54, 1.807) is 24.1 Å². The van der Waals surface area contributed by atoms with E-state index in [1.807, 2.05) is 19.1 Å². The first-order valence-corrected chi connectivity index (χ1v) is 7.44. The van der Waals surface area contributed by atoms with Crippen molar-refractivity contribution in [2.45, 2.75) is 19.1 Å². The van der Waals surface area contributed by atoms with Gasteiger partial charge < -0.3 is 19.7 Å². The molecule has 0 unspecified atom stereocenters. The fraction of sp³-hybridized carbons (Fsp3) is 0.533. The number of nitrogens with one attached hydrogen (secondary N) is 1. The Kier molecular flexibility index (Phi) is 5.85. The predicted octanol–water partition coefficient (Wildman–Crippen LogP) is 1.55. The molecule has 2 atom stereocenters. The zero-order chi connectivity index (χ0) is 15.2. The molecule has 116 valence electrons. The summed E-state index contributed by atoms with van der Waals surface area (Å²) < 4.78 is 11.1. The van der Waals surface area contributed by atoms with Gasteiger partial charge in [0.05, 0.1) is 19.3 Å². The number of likely N-dealkylation sites (N-methyl/N-ethyl adjacent to an activating group) is 1. The van der Waals surface area contributed by atoms with Crippen LogP contribution in [-0.4, -0.2) is 56.3 Å². The highest BCUT2D eigenvalue weighted by atomic mass is 35.5. The second-order valence-corrected chi connectivity index (χ2v) is 5.51. The SMILES string of the molecule is C[C@H]1OCCN[C@@H]1C(=O)N(C)CCOc1cccc(Cl)c1. The number of ether oxygens (including phenoxy) is 2. The molecule has 5 nitrogen and oxygen atoms in total. The van der Waals surface area contributed by atoms with E-state index in [0.29, 0.717) is 37.1 Å². The third-order valence-electron chi connectivity index (χ3n) is 3.45. The van der Waals surface area contributed by atoms with Crippen molar-refractivity contribution >= 4 is 17.5 Å². The summed E-state index contributed by atoms with van der Waals surface area (Å²) in [5.74, 6) is 0.729. The second kappa shape index (κ2) is 7.64. The number of rotatable bonds is 5. The van der Waals surface area contributed by atoms with Crippen molar-refractivity contribution in [2.24, 2.45) is 0 Å². The lowest BCUT2D eigenvalue weighted by Crippen LogP contribution is -2.56. The van der Waals surface area contributed by atoms with Gasteiger partial charge in [0, 0.05) is 18.6 Å². The highest BCUT2D eigenvalue weighted by Gasteiger charge is 2.30. The van der Waals surface area contributed by atoms with Gasteiger partial charge in [-0.1, -0.05) is 17.7 Å². The summed E-state index contributed by atoms with van der Waals surface area (Å²) in [5.41, 5.74) is 0. The predicted molar refractivity (Wildman–Crippen MR) is 81.8 cm³/mol. The molecular formula is C15H21ClN2O3. The van der Waals surface area contributed by atoms with Crippen molar-refractivity contribution in [3.8, 4) is 5.75 Å². The molecule has 1 aliphatic rings. The minimum absolute atomic E-state index is 0.0249. The lowest BCUT2D eigenvalue weighted by atomic mass is 10.1. The van der Waals surface area contributed by atoms with Gasteiger partial charge >= 0.3 is 0 Å². The van der Waals surface area contributed by atoms with Crippen molar-refractivity contribution in [2.75, 3.05) is 33.4 Å². The van der Waals surface area contributed by atoms with Crippen LogP contribution in [0.25, 0.3) is 0 Å². The molecule has 1 aliphatic heterocycles. The summed E-state index contributed by atoms with van der Waals surface area (Å²) in [6.07, 6.45) is -0.109. The number of hydrogen-bond donors (Lipinski definition) is 1. The maximum absolute atomic E-state index is 12.3. The van der Waals surface area contributed by atoms with Crippen LogP contribution in [0.5, 0.6) is 5.75 Å². The molecule has 0 spiro atoms. The van der Waals surface area contributed by atoms with Gasteiger partial charge in [-0.2, -0.15) is 0 Å². The molecule has 1 amide bonds. The van der Waals surface area contributed by atoms with Crippen molar-refractivity contribution in [3.05, 3.63) is 29.3 Å². The highest BCUT2D eigenvalue weighted by Crippen LogP contribution is 2.17. The molecule has 1 aromatic rings. The van der Waals surface area contributed by atoms with E-state index in [4.69, 9.17) is 21.1 Å². The monoisotopic (exact) mass is 312 g/mol. The first-order valence-electron chi connectivity index (χ1n) is 7.06. The summed E-state index contributed by atoms with van der Waals surface area (Å²) in [4.78, 5) is 14.0. The highest BCUT2D eigenvalue weighted by molar-refractivity contribution is 6.30. The Labute approximate surface area is 130 Å². The third-order valence-corrected chi connectivity index (χ3v) is 3.69. The Bertz CT molecular complexity index is 484. The average Bonchev–Trinajstić information content (AvgIpc) is 2.47. The van der Waals surface area contributed by atoms with Crippen LogP contribution in [0.3, 0.4) is 0 Å². The van der Waals surface area contributed by atoms with Crippen molar-refractivity contribution in [3.63, 3.8) is 0 Å². The maximum atomic E-state index is 12.3. The molecule has 1 saturated heterocycles. The average molecular weight is 313 g/mol. The Morgan fingerprint density at radius 1 is 1.57 bits per heavy atom. The lowest BCUT2D eigenvalue weighted by Gasteiger charge is -2.32. The number of carbonyl (C=O) groups excluding carboxylic acids is 1. The minimum Gasteiger partial charge on any atom is -0.492 e. The van der Waals surface area contributed by atoms with Gasteiger partial charge in [0.2, 0.25) is 5.91 Å². The molecule has 0 aliphatic carbocycles. The molecule has 1 heterocycles. The fourth-order valence-corrected chi connectivity index (χ4v) is 2.39. The molecule has 0 radical (unpaired) electrons. The normalized spacial score (nSPS) is 21.9. The Balaban J connectivity index is 1.78. The van der Waals surface area contributed by atoms with E-state index in [-0.39, 0.29) is 18.1 Å². The van der Waals surface area contributed by atoms with Crippen LogP contribution >= 0.6 is 11.6 Å². The molecule has 0 saturated carbocycles. The number of amides is 1. The Morgan fingerprint density at radius 3 is 3.10 bits per heavy atom. The lowest BCUT2D eigenvalue weighted by molar-refractivity contribution is -0.138. The Morgan fingerprint density at radius 2 is 2.38 bits per heavy atom. The van der Waals surface area contributed by atoms with Crippen LogP contribution in [0.15, 0.2) is 24.3 Å². The number of nitrogens with zero attached hydrogens (tertiary/aromatic N) is 1. The summed E-state index contributed by atoms with van der Waals surface area (Å²) >= 11 is 5.89. The van der Waals surface area contributed by atoms with Crippen LogP contribution in [0.1, 0.15) is 6.92 Å². The summed E-state index contributed by atoms with van der Waals surface area (Å²) in [7, 11) is 1.77. The largest absolute Gasteiger partial charge is 0.492 e. The smallest absolute Gasteiger partial charge is 0.242 e. The molecule has 0 aromatic heterocycles. The van der Waals surface area contributed by atoms with Crippen LogP contribution in [0.2, 0.25) is 5.02 Å². The van der Waals surface area contributed by atoms with Gasteiger partial charge in [-0.3, -0.25) is 4.79 Å². The third kappa shape index (κ3) is 4.59. The van der Waals surface area contributed by atoms with Crippen LogP contribution in [-0.2, 0) is 9.53 Å². The van der Waals surface area contributed by atoms with E-state index in [0.717, 1.165) is 0 Å². The molecule has 6 heteroatoms. The van der Waals surface area contributed by atoms with E-state index < -0.39 is 0 Å². The number of hydrogen-bond acceptors (Lipinski definition) is 4. The molecular weight excluding hydrogens is 292 g/mol. The summed E-state index contributed by atoms with van der Waals surface area (Å²) in [5, 5.41) is 3.82. The van der Waals surface area contributed by atoms with Crippen molar-refractivity contribution < 1.29 is 14.3 Å². The van der Waals surface area contributed by atoms with Crippen molar-refractivity contribution in [1.29, 1.82) is 0 Å². The minimum atomic E-state index is -0.282. The summed E-state index contributed by atoms with van der Waals surface area (Å²) in [6.45, 7) is 4.19. The number of carbonyl (C=O) groups is 1. The van der Waals surface area contributed by atoms with Crippen molar-refractivity contribution in [1.82, 2.24) is 10.2 Å².